The molecule has 0 saturated heterocycles. The van der Waals surface area contributed by atoms with Gasteiger partial charge in [-0.1, -0.05) is 37.6 Å². The highest BCUT2D eigenvalue weighted by Crippen LogP contribution is 2.32. The summed E-state index contributed by atoms with van der Waals surface area (Å²) in [4.78, 5) is 0. The van der Waals surface area contributed by atoms with E-state index in [1.807, 2.05) is 12.1 Å². The van der Waals surface area contributed by atoms with E-state index in [2.05, 4.69) is 26.0 Å². The zero-order valence-electron chi connectivity index (χ0n) is 9.39. The van der Waals surface area contributed by atoms with Crippen LogP contribution in [-0.4, -0.2) is 5.88 Å². The molecule has 0 heterocycles. The summed E-state index contributed by atoms with van der Waals surface area (Å²) in [5.74, 6) is 0.725. The van der Waals surface area contributed by atoms with Gasteiger partial charge in [-0.05, 0) is 42.4 Å². The Hall–Kier alpha value is -0.200. The van der Waals surface area contributed by atoms with Crippen molar-refractivity contribution >= 4 is 23.2 Å². The van der Waals surface area contributed by atoms with Crippen LogP contribution in [0.25, 0.3) is 0 Å². The molecule has 0 aromatic heterocycles. The molecular weight excluding hydrogens is 227 g/mol. The van der Waals surface area contributed by atoms with E-state index in [1.165, 1.54) is 5.56 Å². The lowest BCUT2D eigenvalue weighted by Crippen LogP contribution is -2.24. The van der Waals surface area contributed by atoms with E-state index in [1.54, 1.807) is 0 Å². The summed E-state index contributed by atoms with van der Waals surface area (Å²) in [7, 11) is 0. The maximum Gasteiger partial charge on any atom is 0.0406 e. The molecule has 1 aromatic carbocycles. The minimum Gasteiger partial charge on any atom is -0.126 e. The predicted molar refractivity (Wildman–Crippen MR) is 68.9 cm³/mol. The van der Waals surface area contributed by atoms with Crippen molar-refractivity contribution in [2.24, 2.45) is 5.41 Å². The molecule has 0 unspecified atom stereocenters. The van der Waals surface area contributed by atoms with Crippen LogP contribution in [0.3, 0.4) is 0 Å². The van der Waals surface area contributed by atoms with Crippen molar-refractivity contribution in [1.29, 1.82) is 0 Å². The summed E-state index contributed by atoms with van der Waals surface area (Å²) in [5, 5.41) is 0.795. The molecule has 0 bridgehead atoms. The lowest BCUT2D eigenvalue weighted by molar-refractivity contribution is 0.302. The number of hydrogen-bond donors (Lipinski definition) is 0. The first kappa shape index (κ1) is 12.9. The second-order valence-corrected chi connectivity index (χ2v) is 4.85. The molecule has 0 aliphatic carbocycles. The average Bonchev–Trinajstić information content (AvgIpc) is 2.29. The maximum absolute atomic E-state index is 6.08. The predicted octanol–water partition coefficient (Wildman–Crippen LogP) is 4.93. The molecule has 84 valence electrons. The third kappa shape index (κ3) is 3.39. The first-order valence-electron chi connectivity index (χ1n) is 5.46. The van der Waals surface area contributed by atoms with Crippen LogP contribution in [0.15, 0.2) is 24.3 Å². The summed E-state index contributed by atoms with van der Waals surface area (Å²) in [6, 6.07) is 8.08. The topological polar surface area (TPSA) is 0 Å². The summed E-state index contributed by atoms with van der Waals surface area (Å²) in [6.45, 7) is 4.42. The van der Waals surface area contributed by atoms with Gasteiger partial charge in [0.05, 0.1) is 0 Å². The van der Waals surface area contributed by atoms with Gasteiger partial charge in [0.1, 0.15) is 0 Å². The van der Waals surface area contributed by atoms with Crippen LogP contribution in [0.4, 0.5) is 0 Å². The van der Waals surface area contributed by atoms with Crippen molar-refractivity contribution < 1.29 is 0 Å². The van der Waals surface area contributed by atoms with Crippen molar-refractivity contribution in [1.82, 2.24) is 0 Å². The third-order valence-electron chi connectivity index (χ3n) is 3.28. The van der Waals surface area contributed by atoms with Crippen molar-refractivity contribution in [2.75, 3.05) is 5.88 Å². The Bertz CT molecular complexity index is 278. The molecule has 0 nitrogen and oxygen atoms in total. The second kappa shape index (κ2) is 5.77. The van der Waals surface area contributed by atoms with E-state index < -0.39 is 0 Å². The minimum absolute atomic E-state index is 0.245. The van der Waals surface area contributed by atoms with Gasteiger partial charge in [-0.25, -0.2) is 0 Å². The quantitative estimate of drug-likeness (QED) is 0.645. The number of halogens is 2. The lowest BCUT2D eigenvalue weighted by Gasteiger charge is -2.29. The Labute approximate surface area is 103 Å². The first-order valence-corrected chi connectivity index (χ1v) is 6.37. The van der Waals surface area contributed by atoms with E-state index >= 15 is 0 Å². The van der Waals surface area contributed by atoms with E-state index in [-0.39, 0.29) is 5.41 Å². The molecule has 0 fully saturated rings. The number of hydrogen-bond acceptors (Lipinski definition) is 0. The SMILES string of the molecule is CCC(CC)(CCl)Cc1ccc(Cl)cc1. The van der Waals surface area contributed by atoms with Crippen molar-refractivity contribution in [3.8, 4) is 0 Å². The number of rotatable bonds is 5. The zero-order valence-corrected chi connectivity index (χ0v) is 10.9. The highest BCUT2D eigenvalue weighted by atomic mass is 35.5. The molecule has 0 saturated carbocycles. The fourth-order valence-electron chi connectivity index (χ4n) is 1.77. The first-order chi connectivity index (χ1) is 7.15. The smallest absolute Gasteiger partial charge is 0.0406 e. The molecule has 1 aromatic rings. The van der Waals surface area contributed by atoms with Crippen molar-refractivity contribution in [3.63, 3.8) is 0 Å². The van der Waals surface area contributed by atoms with Crippen LogP contribution in [0.2, 0.25) is 5.02 Å². The van der Waals surface area contributed by atoms with Gasteiger partial charge in [-0.15, -0.1) is 11.6 Å². The Morgan fingerprint density at radius 3 is 2.00 bits per heavy atom. The standard InChI is InChI=1S/C13H18Cl2/c1-3-13(4-2,10-14)9-11-5-7-12(15)8-6-11/h5-8H,3-4,9-10H2,1-2H3. The normalized spacial score (nSPS) is 11.7. The molecule has 1 rings (SSSR count). The highest BCUT2D eigenvalue weighted by Gasteiger charge is 2.25. The number of alkyl halides is 1. The van der Waals surface area contributed by atoms with E-state index in [0.717, 1.165) is 30.2 Å². The molecule has 2 heteroatoms. The molecule has 0 atom stereocenters. The Kier molecular flexibility index (Phi) is 4.95. The van der Waals surface area contributed by atoms with Gasteiger partial charge < -0.3 is 0 Å². The summed E-state index contributed by atoms with van der Waals surface area (Å²) < 4.78 is 0. The van der Waals surface area contributed by atoms with Crippen LogP contribution >= 0.6 is 23.2 Å². The molecule has 0 spiro atoms. The zero-order chi connectivity index (χ0) is 11.3. The fraction of sp³-hybridized carbons (Fsp3) is 0.538. The Balaban J connectivity index is 2.78. The summed E-state index contributed by atoms with van der Waals surface area (Å²) in [5.41, 5.74) is 1.57. The van der Waals surface area contributed by atoms with Crippen LogP contribution < -0.4 is 0 Å². The van der Waals surface area contributed by atoms with Crippen LogP contribution in [0, 0.1) is 5.41 Å². The van der Waals surface area contributed by atoms with Gasteiger partial charge in [-0.2, -0.15) is 0 Å². The van der Waals surface area contributed by atoms with Crippen LogP contribution in [0.5, 0.6) is 0 Å². The largest absolute Gasteiger partial charge is 0.126 e. The Morgan fingerprint density at radius 2 is 1.60 bits per heavy atom. The van der Waals surface area contributed by atoms with E-state index in [0.29, 0.717) is 0 Å². The third-order valence-corrected chi connectivity index (χ3v) is 4.09. The Morgan fingerprint density at radius 1 is 1.07 bits per heavy atom. The van der Waals surface area contributed by atoms with E-state index in [9.17, 15) is 0 Å². The lowest BCUT2D eigenvalue weighted by atomic mass is 9.79. The van der Waals surface area contributed by atoms with Gasteiger partial charge >= 0.3 is 0 Å². The molecule has 0 amide bonds. The molecule has 0 radical (unpaired) electrons. The summed E-state index contributed by atoms with van der Waals surface area (Å²) >= 11 is 11.9. The van der Waals surface area contributed by atoms with Gasteiger partial charge in [-0.3, -0.25) is 0 Å². The molecule has 0 aliphatic heterocycles. The molecular formula is C13H18Cl2. The highest BCUT2D eigenvalue weighted by molar-refractivity contribution is 6.30. The van der Waals surface area contributed by atoms with Gasteiger partial charge in [0.2, 0.25) is 0 Å². The van der Waals surface area contributed by atoms with Crippen molar-refractivity contribution in [3.05, 3.63) is 34.9 Å². The average molecular weight is 245 g/mol. The van der Waals surface area contributed by atoms with Gasteiger partial charge in [0.25, 0.3) is 0 Å². The minimum atomic E-state index is 0.245. The molecule has 0 aliphatic rings. The summed E-state index contributed by atoms with van der Waals surface area (Å²) in [6.07, 6.45) is 3.28. The fourth-order valence-corrected chi connectivity index (χ4v) is 2.37. The number of benzene rings is 1. The van der Waals surface area contributed by atoms with Gasteiger partial charge in [0, 0.05) is 10.9 Å². The van der Waals surface area contributed by atoms with Crippen LogP contribution in [0.1, 0.15) is 32.3 Å². The van der Waals surface area contributed by atoms with E-state index in [4.69, 9.17) is 23.2 Å². The molecule has 15 heavy (non-hydrogen) atoms. The van der Waals surface area contributed by atoms with Crippen molar-refractivity contribution in [2.45, 2.75) is 33.1 Å². The van der Waals surface area contributed by atoms with Crippen LogP contribution in [-0.2, 0) is 6.42 Å². The monoisotopic (exact) mass is 244 g/mol. The second-order valence-electron chi connectivity index (χ2n) is 4.14. The van der Waals surface area contributed by atoms with Gasteiger partial charge in [0.15, 0.2) is 0 Å². The maximum atomic E-state index is 6.08. The molecule has 0 N–H and O–H groups in total.